The molecule has 0 unspecified atom stereocenters. The quantitative estimate of drug-likeness (QED) is 0.677. The summed E-state index contributed by atoms with van der Waals surface area (Å²) in [7, 11) is 0. The molecule has 1 aliphatic heterocycles. The average Bonchev–Trinajstić information content (AvgIpc) is 3.04. The lowest BCUT2D eigenvalue weighted by atomic mass is 10.2. The first-order valence-electron chi connectivity index (χ1n) is 7.58. The molecule has 3 heterocycles. The molecule has 1 aliphatic rings. The van der Waals surface area contributed by atoms with Gasteiger partial charge < -0.3 is 14.1 Å². The molecule has 24 heavy (non-hydrogen) atoms. The Morgan fingerprint density at radius 3 is 2.88 bits per heavy atom. The number of esters is 1. The van der Waals surface area contributed by atoms with Crippen molar-refractivity contribution in [3.63, 3.8) is 0 Å². The van der Waals surface area contributed by atoms with Crippen LogP contribution in [0, 0.1) is 19.7 Å². The van der Waals surface area contributed by atoms with Gasteiger partial charge in [0, 0.05) is 0 Å². The summed E-state index contributed by atoms with van der Waals surface area (Å²) >= 11 is 1.44. The predicted octanol–water partition coefficient (Wildman–Crippen LogP) is 3.69. The number of nitrogens with zero attached hydrogens (tertiary/aromatic N) is 2. The van der Waals surface area contributed by atoms with E-state index >= 15 is 0 Å². The third-order valence-electron chi connectivity index (χ3n) is 3.99. The standard InChI is InChI=1S/C17H15FN2O3S/c1-9-5-13(10(2)22-9)16(21)23-12-7-20(8-12)17-19-14-4-3-11(18)6-15(14)24-17/h3-6,12H,7-8H2,1-2H3. The van der Waals surface area contributed by atoms with Crippen LogP contribution in [0.4, 0.5) is 9.52 Å². The molecular weight excluding hydrogens is 331 g/mol. The zero-order valence-electron chi connectivity index (χ0n) is 13.2. The Kier molecular flexibility index (Phi) is 3.53. The summed E-state index contributed by atoms with van der Waals surface area (Å²) in [5.41, 5.74) is 1.25. The molecule has 124 valence electrons. The fourth-order valence-electron chi connectivity index (χ4n) is 2.74. The molecule has 1 aromatic carbocycles. The summed E-state index contributed by atoms with van der Waals surface area (Å²) < 4.78 is 24.9. The van der Waals surface area contributed by atoms with E-state index in [1.165, 1.54) is 23.5 Å². The van der Waals surface area contributed by atoms with E-state index in [0.717, 1.165) is 15.3 Å². The molecule has 0 aliphatic carbocycles. The summed E-state index contributed by atoms with van der Waals surface area (Å²) in [5, 5.41) is 0.818. The number of anilines is 1. The molecule has 0 amide bonds. The number of carbonyl (C=O) groups excluding carboxylic acids is 1. The highest BCUT2D eigenvalue weighted by atomic mass is 32.1. The molecule has 4 rings (SSSR count). The molecule has 7 heteroatoms. The topological polar surface area (TPSA) is 55.6 Å². The zero-order valence-corrected chi connectivity index (χ0v) is 14.0. The normalized spacial score (nSPS) is 14.9. The van der Waals surface area contributed by atoms with Gasteiger partial charge in [0.2, 0.25) is 0 Å². The molecule has 2 aromatic heterocycles. The molecule has 0 spiro atoms. The number of hydrogen-bond donors (Lipinski definition) is 0. The Balaban J connectivity index is 1.40. The van der Waals surface area contributed by atoms with Crippen molar-refractivity contribution in [2.75, 3.05) is 18.0 Å². The number of aryl methyl sites for hydroxylation is 2. The first-order chi connectivity index (χ1) is 11.5. The van der Waals surface area contributed by atoms with Gasteiger partial charge in [-0.3, -0.25) is 0 Å². The van der Waals surface area contributed by atoms with Crippen molar-refractivity contribution in [2.45, 2.75) is 20.0 Å². The van der Waals surface area contributed by atoms with Gasteiger partial charge in [0.15, 0.2) is 5.13 Å². The van der Waals surface area contributed by atoms with Crippen LogP contribution in [0.2, 0.25) is 0 Å². The Bertz CT molecular complexity index is 927. The van der Waals surface area contributed by atoms with Crippen LogP contribution < -0.4 is 4.90 Å². The fraction of sp³-hybridized carbons (Fsp3) is 0.294. The van der Waals surface area contributed by atoms with Crippen molar-refractivity contribution in [1.82, 2.24) is 4.98 Å². The summed E-state index contributed by atoms with van der Waals surface area (Å²) in [5.74, 6) is 0.637. The van der Waals surface area contributed by atoms with Crippen molar-refractivity contribution in [3.05, 3.63) is 47.2 Å². The summed E-state index contributed by atoms with van der Waals surface area (Å²) in [4.78, 5) is 18.7. The maximum atomic E-state index is 13.2. The van der Waals surface area contributed by atoms with Crippen LogP contribution in [-0.2, 0) is 4.74 Å². The van der Waals surface area contributed by atoms with Gasteiger partial charge in [-0.1, -0.05) is 11.3 Å². The number of halogens is 1. The lowest BCUT2D eigenvalue weighted by Crippen LogP contribution is -2.53. The van der Waals surface area contributed by atoms with Gasteiger partial charge in [-0.15, -0.1) is 0 Å². The van der Waals surface area contributed by atoms with E-state index in [9.17, 15) is 9.18 Å². The van der Waals surface area contributed by atoms with E-state index in [4.69, 9.17) is 9.15 Å². The van der Waals surface area contributed by atoms with Crippen molar-refractivity contribution in [2.24, 2.45) is 0 Å². The number of benzene rings is 1. The van der Waals surface area contributed by atoms with Crippen LogP contribution in [0.25, 0.3) is 10.2 Å². The Morgan fingerprint density at radius 1 is 1.38 bits per heavy atom. The van der Waals surface area contributed by atoms with E-state index in [-0.39, 0.29) is 17.9 Å². The molecule has 3 aromatic rings. The highest BCUT2D eigenvalue weighted by Crippen LogP contribution is 2.32. The van der Waals surface area contributed by atoms with E-state index in [2.05, 4.69) is 4.98 Å². The second-order valence-electron chi connectivity index (χ2n) is 5.87. The van der Waals surface area contributed by atoms with E-state index in [1.807, 2.05) is 4.90 Å². The van der Waals surface area contributed by atoms with Crippen molar-refractivity contribution >= 4 is 32.7 Å². The monoisotopic (exact) mass is 346 g/mol. The second kappa shape index (κ2) is 5.59. The van der Waals surface area contributed by atoms with Crippen molar-refractivity contribution < 1.29 is 18.3 Å². The minimum absolute atomic E-state index is 0.171. The third-order valence-corrected chi connectivity index (χ3v) is 5.07. The maximum Gasteiger partial charge on any atom is 0.342 e. The van der Waals surface area contributed by atoms with E-state index in [0.29, 0.717) is 30.2 Å². The number of aromatic nitrogens is 1. The Morgan fingerprint density at radius 2 is 2.17 bits per heavy atom. The zero-order chi connectivity index (χ0) is 16.8. The Labute approximate surface area is 141 Å². The van der Waals surface area contributed by atoms with Gasteiger partial charge >= 0.3 is 5.97 Å². The highest BCUT2D eigenvalue weighted by Gasteiger charge is 2.33. The van der Waals surface area contributed by atoms with Gasteiger partial charge in [-0.25, -0.2) is 14.2 Å². The van der Waals surface area contributed by atoms with Crippen molar-refractivity contribution in [3.8, 4) is 0 Å². The van der Waals surface area contributed by atoms with Crippen LogP contribution >= 0.6 is 11.3 Å². The first-order valence-corrected chi connectivity index (χ1v) is 8.40. The number of carbonyl (C=O) groups is 1. The minimum atomic E-state index is -0.361. The van der Waals surface area contributed by atoms with Gasteiger partial charge in [-0.05, 0) is 38.1 Å². The van der Waals surface area contributed by atoms with Crippen LogP contribution in [0.5, 0.6) is 0 Å². The maximum absolute atomic E-state index is 13.2. The second-order valence-corrected chi connectivity index (χ2v) is 6.88. The number of thiazole rings is 1. The molecule has 0 saturated carbocycles. The summed E-state index contributed by atoms with van der Waals surface area (Å²) in [6.45, 7) is 4.72. The van der Waals surface area contributed by atoms with Gasteiger partial charge in [-0.2, -0.15) is 0 Å². The van der Waals surface area contributed by atoms with Crippen LogP contribution in [-0.4, -0.2) is 30.1 Å². The lowest BCUT2D eigenvalue weighted by molar-refractivity contribution is 0.0232. The molecule has 0 radical (unpaired) electrons. The SMILES string of the molecule is Cc1cc(C(=O)OC2CN(c3nc4ccc(F)cc4s3)C2)c(C)o1. The third kappa shape index (κ3) is 2.65. The summed E-state index contributed by atoms with van der Waals surface area (Å²) in [6.07, 6.45) is -0.171. The number of fused-ring (bicyclic) bond motifs is 1. The van der Waals surface area contributed by atoms with E-state index < -0.39 is 0 Å². The van der Waals surface area contributed by atoms with Crippen LogP contribution in [0.15, 0.2) is 28.7 Å². The lowest BCUT2D eigenvalue weighted by Gasteiger charge is -2.38. The highest BCUT2D eigenvalue weighted by molar-refractivity contribution is 7.22. The fourth-order valence-corrected chi connectivity index (χ4v) is 3.75. The molecule has 0 N–H and O–H groups in total. The first kappa shape index (κ1) is 15.1. The summed E-state index contributed by atoms with van der Waals surface area (Å²) in [6, 6.07) is 6.25. The number of rotatable bonds is 3. The minimum Gasteiger partial charge on any atom is -0.466 e. The van der Waals surface area contributed by atoms with Gasteiger partial charge in [0.1, 0.15) is 29.0 Å². The molecule has 5 nitrogen and oxygen atoms in total. The number of furan rings is 1. The number of hydrogen-bond acceptors (Lipinski definition) is 6. The molecule has 0 atom stereocenters. The van der Waals surface area contributed by atoms with E-state index in [1.54, 1.807) is 26.0 Å². The van der Waals surface area contributed by atoms with Crippen LogP contribution in [0.1, 0.15) is 21.9 Å². The van der Waals surface area contributed by atoms with Gasteiger partial charge in [0.05, 0.1) is 23.3 Å². The molecule has 0 bridgehead atoms. The molecule has 1 saturated heterocycles. The van der Waals surface area contributed by atoms with Crippen LogP contribution in [0.3, 0.4) is 0 Å². The largest absolute Gasteiger partial charge is 0.466 e. The smallest absolute Gasteiger partial charge is 0.342 e. The van der Waals surface area contributed by atoms with Crippen molar-refractivity contribution in [1.29, 1.82) is 0 Å². The Hall–Kier alpha value is -2.41. The average molecular weight is 346 g/mol. The molecular formula is C17H15FN2O3S. The number of ether oxygens (including phenoxy) is 1. The molecule has 1 fully saturated rings. The predicted molar refractivity (Wildman–Crippen MR) is 89.2 cm³/mol. The van der Waals surface area contributed by atoms with Gasteiger partial charge in [0.25, 0.3) is 0 Å².